The zero-order chi connectivity index (χ0) is 30.3. The Bertz CT molecular complexity index is 1220. The van der Waals surface area contributed by atoms with E-state index in [1.165, 1.54) is 17.7 Å². The number of rotatable bonds is 10. The van der Waals surface area contributed by atoms with Crippen molar-refractivity contribution in [2.45, 2.75) is 76.5 Å². The molecule has 1 saturated heterocycles. The van der Waals surface area contributed by atoms with Crippen LogP contribution < -0.4 is 5.32 Å². The smallest absolute Gasteiger partial charge is 0.407 e. The Labute approximate surface area is 249 Å². The molecule has 0 unspecified atom stereocenters. The topological polar surface area (TPSA) is 105 Å². The molecule has 4 rings (SSSR count). The van der Waals surface area contributed by atoms with Crippen molar-refractivity contribution in [2.24, 2.45) is 5.92 Å². The van der Waals surface area contributed by atoms with Gasteiger partial charge in [0.15, 0.2) is 0 Å². The molecular formula is C33H44N4O5. The Morgan fingerprint density at radius 1 is 1.10 bits per heavy atom. The predicted octanol–water partition coefficient (Wildman–Crippen LogP) is 5.70. The first-order valence-corrected chi connectivity index (χ1v) is 14.9. The lowest BCUT2D eigenvalue weighted by molar-refractivity contribution is -0.384. The number of likely N-dealkylation sites (tertiary alicyclic amines) is 1. The number of ether oxygens (including phenoxy) is 1. The Kier molecular flexibility index (Phi) is 10.4. The maximum Gasteiger partial charge on any atom is 0.407 e. The number of hydrogen-bond donors (Lipinski definition) is 1. The number of nitro benzene ring substituents is 1. The molecule has 2 aromatic carbocycles. The molecule has 1 saturated carbocycles. The summed E-state index contributed by atoms with van der Waals surface area (Å²) in [5.41, 5.74) is 1.55. The number of non-ortho nitro benzene ring substituents is 1. The fraction of sp³-hybridized carbons (Fsp3) is 0.515. The van der Waals surface area contributed by atoms with Gasteiger partial charge in [0.1, 0.15) is 5.60 Å². The monoisotopic (exact) mass is 576 g/mol. The number of carbonyl (C=O) groups is 2. The van der Waals surface area contributed by atoms with Crippen LogP contribution >= 0.6 is 0 Å². The molecule has 42 heavy (non-hydrogen) atoms. The highest BCUT2D eigenvalue weighted by Crippen LogP contribution is 2.41. The van der Waals surface area contributed by atoms with Gasteiger partial charge >= 0.3 is 6.09 Å². The lowest BCUT2D eigenvalue weighted by atomic mass is 9.88. The number of hydrogen-bond acceptors (Lipinski definition) is 6. The number of nitro groups is 1. The van der Waals surface area contributed by atoms with Crippen molar-refractivity contribution in [2.75, 3.05) is 26.2 Å². The number of piperidine rings is 1. The van der Waals surface area contributed by atoms with Crippen LogP contribution in [0.2, 0.25) is 0 Å². The van der Waals surface area contributed by atoms with Crippen LogP contribution in [0.4, 0.5) is 10.5 Å². The maximum absolute atomic E-state index is 13.3. The van der Waals surface area contributed by atoms with E-state index in [1.54, 1.807) is 18.2 Å². The largest absolute Gasteiger partial charge is 0.444 e. The number of carbonyl (C=O) groups excluding carboxylic acids is 2. The minimum atomic E-state index is -0.534. The van der Waals surface area contributed by atoms with Crippen LogP contribution in [0, 0.1) is 16.0 Å². The SMILES string of the molecule is C=CCN(C(=O)Cc1ccc([N+](=O)[O-])cc1)C1CCN(C[C@H]2C[C@@H](NC(=O)OC(C)(C)C)C[C@@H]2c2ccccc2)CC1. The molecular weight excluding hydrogens is 532 g/mol. The third-order valence-electron chi connectivity index (χ3n) is 8.28. The molecule has 1 aliphatic carbocycles. The molecule has 0 spiro atoms. The third-order valence-corrected chi connectivity index (χ3v) is 8.28. The first-order chi connectivity index (χ1) is 20.0. The predicted molar refractivity (Wildman–Crippen MR) is 163 cm³/mol. The highest BCUT2D eigenvalue weighted by atomic mass is 16.6. The molecule has 226 valence electrons. The van der Waals surface area contributed by atoms with E-state index in [4.69, 9.17) is 4.74 Å². The van der Waals surface area contributed by atoms with Gasteiger partial charge in [-0.3, -0.25) is 14.9 Å². The van der Waals surface area contributed by atoms with Gasteiger partial charge in [-0.1, -0.05) is 48.5 Å². The van der Waals surface area contributed by atoms with E-state index in [9.17, 15) is 19.7 Å². The molecule has 0 aromatic heterocycles. The summed E-state index contributed by atoms with van der Waals surface area (Å²) in [5.74, 6) is 0.763. The van der Waals surface area contributed by atoms with E-state index in [-0.39, 0.29) is 36.2 Å². The highest BCUT2D eigenvalue weighted by Gasteiger charge is 2.38. The average Bonchev–Trinajstić information content (AvgIpc) is 3.33. The molecule has 0 bridgehead atoms. The first kappa shape index (κ1) is 31.2. The van der Waals surface area contributed by atoms with Gasteiger partial charge in [-0.05, 0) is 69.4 Å². The molecule has 2 aromatic rings. The van der Waals surface area contributed by atoms with Crippen molar-refractivity contribution >= 4 is 17.7 Å². The van der Waals surface area contributed by atoms with Gasteiger partial charge in [-0.2, -0.15) is 0 Å². The summed E-state index contributed by atoms with van der Waals surface area (Å²) in [6.45, 7) is 12.7. The summed E-state index contributed by atoms with van der Waals surface area (Å²) in [4.78, 5) is 40.7. The van der Waals surface area contributed by atoms with Gasteiger partial charge in [-0.25, -0.2) is 4.79 Å². The van der Waals surface area contributed by atoms with Crippen LogP contribution in [-0.2, 0) is 16.0 Å². The molecule has 0 radical (unpaired) electrons. The van der Waals surface area contributed by atoms with Gasteiger partial charge < -0.3 is 19.9 Å². The van der Waals surface area contributed by atoms with Gasteiger partial charge in [0.05, 0.1) is 11.3 Å². The fourth-order valence-corrected chi connectivity index (χ4v) is 6.38. The minimum absolute atomic E-state index is 0.0122. The number of nitrogens with zero attached hydrogens (tertiary/aromatic N) is 3. The molecule has 2 amide bonds. The summed E-state index contributed by atoms with van der Waals surface area (Å²) in [7, 11) is 0. The molecule has 1 heterocycles. The normalized spacial score (nSPS) is 21.5. The van der Waals surface area contributed by atoms with Crippen molar-refractivity contribution < 1.29 is 19.2 Å². The zero-order valence-corrected chi connectivity index (χ0v) is 25.0. The van der Waals surface area contributed by atoms with E-state index in [2.05, 4.69) is 41.1 Å². The van der Waals surface area contributed by atoms with Gasteiger partial charge in [-0.15, -0.1) is 6.58 Å². The second kappa shape index (κ2) is 14.0. The molecule has 1 aliphatic heterocycles. The van der Waals surface area contributed by atoms with Crippen LogP contribution in [0.1, 0.15) is 63.5 Å². The fourth-order valence-electron chi connectivity index (χ4n) is 6.38. The Morgan fingerprint density at radius 2 is 1.76 bits per heavy atom. The van der Waals surface area contributed by atoms with Gasteiger partial charge in [0, 0.05) is 50.4 Å². The van der Waals surface area contributed by atoms with E-state index in [1.807, 2.05) is 31.7 Å². The van der Waals surface area contributed by atoms with E-state index in [0.29, 0.717) is 18.4 Å². The molecule has 1 N–H and O–H groups in total. The van der Waals surface area contributed by atoms with Crippen LogP contribution in [-0.4, -0.2) is 70.6 Å². The van der Waals surface area contributed by atoms with E-state index >= 15 is 0 Å². The molecule has 2 aliphatic rings. The van der Waals surface area contributed by atoms with Gasteiger partial charge in [0.25, 0.3) is 5.69 Å². The number of alkyl carbamates (subject to hydrolysis) is 1. The van der Waals surface area contributed by atoms with Crippen molar-refractivity contribution in [1.82, 2.24) is 15.1 Å². The Hall–Kier alpha value is -3.72. The highest BCUT2D eigenvalue weighted by molar-refractivity contribution is 5.79. The maximum atomic E-state index is 13.3. The second-order valence-corrected chi connectivity index (χ2v) is 12.6. The third kappa shape index (κ3) is 8.64. The summed E-state index contributed by atoms with van der Waals surface area (Å²) >= 11 is 0. The number of benzene rings is 2. The number of nitrogens with one attached hydrogen (secondary N) is 1. The van der Waals surface area contributed by atoms with Crippen molar-refractivity contribution in [3.05, 3.63) is 88.5 Å². The summed E-state index contributed by atoms with van der Waals surface area (Å²) in [6, 6.07) is 16.9. The zero-order valence-electron chi connectivity index (χ0n) is 25.0. The Balaban J connectivity index is 1.35. The standard InChI is InChI=1S/C33H44N4O5/c1-5-17-36(31(38)20-24-11-13-29(14-12-24)37(40)41)28-15-18-35(19-16-28)23-26-21-27(34-32(39)42-33(2,3)4)22-30(26)25-9-7-6-8-10-25/h5-14,26-28,30H,1,15-23H2,2-4H3,(H,34,39)/t26-,27-,30-/m1/s1. The van der Waals surface area contributed by atoms with Crippen molar-refractivity contribution in [3.8, 4) is 0 Å². The molecule has 3 atom stereocenters. The van der Waals surface area contributed by atoms with Crippen LogP contribution in [0.15, 0.2) is 67.3 Å². The quantitative estimate of drug-likeness (QED) is 0.221. The first-order valence-electron chi connectivity index (χ1n) is 14.9. The van der Waals surface area contributed by atoms with E-state index in [0.717, 1.165) is 50.9 Å². The molecule has 2 fully saturated rings. The molecule has 9 nitrogen and oxygen atoms in total. The minimum Gasteiger partial charge on any atom is -0.444 e. The van der Waals surface area contributed by atoms with Crippen molar-refractivity contribution in [3.63, 3.8) is 0 Å². The lowest BCUT2D eigenvalue weighted by Gasteiger charge is -2.39. The average molecular weight is 577 g/mol. The molecule has 9 heteroatoms. The summed E-state index contributed by atoms with van der Waals surface area (Å²) < 4.78 is 5.52. The van der Waals surface area contributed by atoms with E-state index < -0.39 is 10.5 Å². The van der Waals surface area contributed by atoms with Crippen LogP contribution in [0.5, 0.6) is 0 Å². The van der Waals surface area contributed by atoms with Crippen LogP contribution in [0.25, 0.3) is 0 Å². The summed E-state index contributed by atoms with van der Waals surface area (Å²) in [6.07, 6.45) is 5.15. The van der Waals surface area contributed by atoms with Crippen molar-refractivity contribution in [1.29, 1.82) is 0 Å². The lowest BCUT2D eigenvalue weighted by Crippen LogP contribution is -2.48. The van der Waals surface area contributed by atoms with Crippen LogP contribution in [0.3, 0.4) is 0 Å². The second-order valence-electron chi connectivity index (χ2n) is 12.6. The summed E-state index contributed by atoms with van der Waals surface area (Å²) in [5, 5.41) is 14.1. The Morgan fingerprint density at radius 3 is 2.36 bits per heavy atom. The van der Waals surface area contributed by atoms with Gasteiger partial charge in [0.2, 0.25) is 5.91 Å². The number of amides is 2.